The van der Waals surface area contributed by atoms with E-state index in [0.717, 1.165) is 5.69 Å². The summed E-state index contributed by atoms with van der Waals surface area (Å²) in [4.78, 5) is 20.3. The largest absolute Gasteiger partial charge is 0.350 e. The molecule has 19 heavy (non-hydrogen) atoms. The fourth-order valence-electron chi connectivity index (χ4n) is 1.52. The van der Waals surface area contributed by atoms with E-state index in [9.17, 15) is 4.79 Å². The van der Waals surface area contributed by atoms with Crippen molar-refractivity contribution in [3.63, 3.8) is 0 Å². The van der Waals surface area contributed by atoms with Gasteiger partial charge in [-0.3, -0.25) is 4.79 Å². The average molecular weight is 260 g/mol. The molecule has 2 aromatic rings. The zero-order valence-corrected chi connectivity index (χ0v) is 10.9. The van der Waals surface area contributed by atoms with Gasteiger partial charge in [-0.25, -0.2) is 9.97 Å². The molecule has 0 fully saturated rings. The SMILES string of the molecule is CC(C)c1nccc(C(=O)NCCc2cn[nH]n2)n1. The Kier molecular flexibility index (Phi) is 4.17. The van der Waals surface area contributed by atoms with Gasteiger partial charge in [0.25, 0.3) is 5.91 Å². The van der Waals surface area contributed by atoms with Crippen LogP contribution in [0.1, 0.15) is 41.8 Å². The number of aromatic amines is 1. The minimum absolute atomic E-state index is 0.197. The fraction of sp³-hybridized carbons (Fsp3) is 0.417. The fourth-order valence-corrected chi connectivity index (χ4v) is 1.52. The number of hydrogen-bond donors (Lipinski definition) is 2. The van der Waals surface area contributed by atoms with E-state index in [0.29, 0.717) is 24.5 Å². The molecule has 7 heteroatoms. The first-order valence-corrected chi connectivity index (χ1v) is 6.12. The molecule has 1 amide bonds. The van der Waals surface area contributed by atoms with Crippen LogP contribution in [0.15, 0.2) is 18.5 Å². The van der Waals surface area contributed by atoms with Gasteiger partial charge in [0.1, 0.15) is 11.5 Å². The highest BCUT2D eigenvalue weighted by atomic mass is 16.1. The van der Waals surface area contributed by atoms with Crippen LogP contribution >= 0.6 is 0 Å². The van der Waals surface area contributed by atoms with Gasteiger partial charge in [-0.2, -0.15) is 15.4 Å². The highest BCUT2D eigenvalue weighted by molar-refractivity contribution is 5.92. The number of hydrogen-bond acceptors (Lipinski definition) is 5. The van der Waals surface area contributed by atoms with Gasteiger partial charge < -0.3 is 5.32 Å². The van der Waals surface area contributed by atoms with E-state index in [-0.39, 0.29) is 11.8 Å². The van der Waals surface area contributed by atoms with Crippen molar-refractivity contribution >= 4 is 5.91 Å². The van der Waals surface area contributed by atoms with Gasteiger partial charge in [0.15, 0.2) is 0 Å². The van der Waals surface area contributed by atoms with Crippen LogP contribution in [0.2, 0.25) is 0 Å². The lowest BCUT2D eigenvalue weighted by atomic mass is 10.2. The first-order valence-electron chi connectivity index (χ1n) is 6.12. The van der Waals surface area contributed by atoms with Gasteiger partial charge in [0.05, 0.1) is 11.9 Å². The van der Waals surface area contributed by atoms with Crippen LogP contribution in [-0.2, 0) is 6.42 Å². The molecule has 0 aliphatic rings. The highest BCUT2D eigenvalue weighted by Gasteiger charge is 2.10. The molecule has 0 unspecified atom stereocenters. The normalized spacial score (nSPS) is 10.7. The Balaban J connectivity index is 1.90. The van der Waals surface area contributed by atoms with Crippen LogP contribution in [0.3, 0.4) is 0 Å². The van der Waals surface area contributed by atoms with Crippen LogP contribution in [0.5, 0.6) is 0 Å². The van der Waals surface area contributed by atoms with Gasteiger partial charge in [0, 0.05) is 25.1 Å². The van der Waals surface area contributed by atoms with Gasteiger partial charge >= 0.3 is 0 Å². The second-order valence-electron chi connectivity index (χ2n) is 4.42. The molecule has 0 aromatic carbocycles. The third kappa shape index (κ3) is 3.57. The number of aromatic nitrogens is 5. The van der Waals surface area contributed by atoms with Gasteiger partial charge in [0.2, 0.25) is 0 Å². The summed E-state index contributed by atoms with van der Waals surface area (Å²) in [6.07, 6.45) is 3.87. The summed E-state index contributed by atoms with van der Waals surface area (Å²) < 4.78 is 0. The van der Waals surface area contributed by atoms with Gasteiger partial charge in [-0.05, 0) is 6.07 Å². The average Bonchev–Trinajstić information content (AvgIpc) is 2.92. The van der Waals surface area contributed by atoms with Crippen LogP contribution in [-0.4, -0.2) is 37.8 Å². The number of amides is 1. The van der Waals surface area contributed by atoms with Crippen molar-refractivity contribution in [3.8, 4) is 0 Å². The standard InChI is InChI=1S/C12H16N6O/c1-8(2)11-13-6-4-10(16-11)12(19)14-5-3-9-7-15-18-17-9/h4,6-8H,3,5H2,1-2H3,(H,14,19)(H,15,17,18). The van der Waals surface area contributed by atoms with Crippen molar-refractivity contribution in [3.05, 3.63) is 35.7 Å². The summed E-state index contributed by atoms with van der Waals surface area (Å²) in [6.45, 7) is 4.47. The maximum atomic E-state index is 11.9. The van der Waals surface area contributed by atoms with Gasteiger partial charge in [-0.1, -0.05) is 13.8 Å². The summed E-state index contributed by atoms with van der Waals surface area (Å²) in [5.74, 6) is 0.667. The quantitative estimate of drug-likeness (QED) is 0.824. The molecule has 0 aliphatic heterocycles. The lowest BCUT2D eigenvalue weighted by Crippen LogP contribution is -2.27. The molecule has 2 N–H and O–H groups in total. The maximum Gasteiger partial charge on any atom is 0.270 e. The highest BCUT2D eigenvalue weighted by Crippen LogP contribution is 2.08. The van der Waals surface area contributed by atoms with E-state index in [4.69, 9.17) is 0 Å². The summed E-state index contributed by atoms with van der Waals surface area (Å²) in [6, 6.07) is 1.61. The summed E-state index contributed by atoms with van der Waals surface area (Å²) >= 11 is 0. The molecule has 0 aliphatic carbocycles. The Morgan fingerprint density at radius 2 is 2.32 bits per heavy atom. The second-order valence-corrected chi connectivity index (χ2v) is 4.42. The molecule has 0 spiro atoms. The zero-order valence-electron chi connectivity index (χ0n) is 10.9. The Morgan fingerprint density at radius 3 is 3.00 bits per heavy atom. The number of carbonyl (C=O) groups excluding carboxylic acids is 1. The van der Waals surface area contributed by atoms with E-state index in [1.54, 1.807) is 18.5 Å². The van der Waals surface area contributed by atoms with E-state index in [1.807, 2.05) is 13.8 Å². The zero-order chi connectivity index (χ0) is 13.7. The molecule has 0 atom stereocenters. The molecular weight excluding hydrogens is 244 g/mol. The van der Waals surface area contributed by atoms with E-state index in [2.05, 4.69) is 30.7 Å². The second kappa shape index (κ2) is 6.03. The number of nitrogens with one attached hydrogen (secondary N) is 2. The number of nitrogens with zero attached hydrogens (tertiary/aromatic N) is 4. The van der Waals surface area contributed by atoms with Crippen molar-refractivity contribution in [2.75, 3.05) is 6.54 Å². The van der Waals surface area contributed by atoms with Crippen molar-refractivity contribution < 1.29 is 4.79 Å². The molecule has 2 rings (SSSR count). The lowest BCUT2D eigenvalue weighted by molar-refractivity contribution is 0.0948. The number of carbonyl (C=O) groups is 1. The molecule has 0 saturated carbocycles. The summed E-state index contributed by atoms with van der Waals surface area (Å²) in [7, 11) is 0. The van der Waals surface area contributed by atoms with Crippen molar-refractivity contribution in [1.29, 1.82) is 0 Å². The minimum atomic E-state index is -0.201. The Hall–Kier alpha value is -2.31. The molecule has 100 valence electrons. The first kappa shape index (κ1) is 13.1. The Morgan fingerprint density at radius 1 is 1.47 bits per heavy atom. The topological polar surface area (TPSA) is 96.5 Å². The maximum absolute atomic E-state index is 11.9. The lowest BCUT2D eigenvalue weighted by Gasteiger charge is -2.06. The monoisotopic (exact) mass is 260 g/mol. The molecule has 0 bridgehead atoms. The Labute approximate surface area is 110 Å². The first-order chi connectivity index (χ1) is 9.16. The molecule has 0 radical (unpaired) electrons. The van der Waals surface area contributed by atoms with Crippen LogP contribution in [0, 0.1) is 0 Å². The smallest absolute Gasteiger partial charge is 0.270 e. The minimum Gasteiger partial charge on any atom is -0.350 e. The van der Waals surface area contributed by atoms with E-state index < -0.39 is 0 Å². The van der Waals surface area contributed by atoms with Crippen LogP contribution < -0.4 is 5.32 Å². The van der Waals surface area contributed by atoms with Gasteiger partial charge in [-0.15, -0.1) is 0 Å². The predicted octanol–water partition coefficient (Wildman–Crippen LogP) is 0.691. The Bertz CT molecular complexity index is 537. The summed E-state index contributed by atoms with van der Waals surface area (Å²) in [5.41, 5.74) is 1.20. The third-order valence-electron chi connectivity index (χ3n) is 2.55. The van der Waals surface area contributed by atoms with Crippen molar-refractivity contribution in [1.82, 2.24) is 30.7 Å². The van der Waals surface area contributed by atoms with E-state index >= 15 is 0 Å². The predicted molar refractivity (Wildman–Crippen MR) is 68.5 cm³/mol. The molecule has 0 saturated heterocycles. The van der Waals surface area contributed by atoms with Crippen molar-refractivity contribution in [2.45, 2.75) is 26.2 Å². The molecule has 7 nitrogen and oxygen atoms in total. The summed E-state index contributed by atoms with van der Waals surface area (Å²) in [5, 5.41) is 12.9. The van der Waals surface area contributed by atoms with Crippen LogP contribution in [0.25, 0.3) is 0 Å². The number of H-pyrrole nitrogens is 1. The molecule has 2 heterocycles. The van der Waals surface area contributed by atoms with Crippen molar-refractivity contribution in [2.24, 2.45) is 0 Å². The van der Waals surface area contributed by atoms with E-state index in [1.165, 1.54) is 0 Å². The molecule has 2 aromatic heterocycles. The molecular formula is C12H16N6O. The van der Waals surface area contributed by atoms with Crippen LogP contribution in [0.4, 0.5) is 0 Å². The number of rotatable bonds is 5. The third-order valence-corrected chi connectivity index (χ3v) is 2.55.